The number of carbonyl (C=O) groups is 2. The highest BCUT2D eigenvalue weighted by Crippen LogP contribution is 2.20. The van der Waals surface area contributed by atoms with Crippen LogP contribution in [0.4, 0.5) is 5.69 Å². The molecular formula is C23H29N3O2. The molecule has 2 aromatic rings. The Hall–Kier alpha value is -2.82. The number of rotatable bonds is 6. The first-order chi connectivity index (χ1) is 13.4. The van der Waals surface area contributed by atoms with Crippen molar-refractivity contribution in [2.24, 2.45) is 5.92 Å². The number of fused-ring (bicyclic) bond motifs is 1. The molecule has 0 spiro atoms. The van der Waals surface area contributed by atoms with Crippen LogP contribution in [0.1, 0.15) is 40.9 Å². The summed E-state index contributed by atoms with van der Waals surface area (Å²) in [5.41, 5.74) is 5.04. The summed E-state index contributed by atoms with van der Waals surface area (Å²) in [6.07, 6.45) is 0.904. The number of aryl methyl sites for hydroxylation is 1. The lowest BCUT2D eigenvalue weighted by molar-refractivity contribution is -0.130. The Morgan fingerprint density at radius 2 is 1.86 bits per heavy atom. The molecule has 5 nitrogen and oxygen atoms in total. The van der Waals surface area contributed by atoms with Crippen molar-refractivity contribution < 1.29 is 9.59 Å². The van der Waals surface area contributed by atoms with Gasteiger partial charge >= 0.3 is 0 Å². The van der Waals surface area contributed by atoms with Gasteiger partial charge in [0.15, 0.2) is 0 Å². The van der Waals surface area contributed by atoms with Crippen LogP contribution in [0.3, 0.4) is 0 Å². The summed E-state index contributed by atoms with van der Waals surface area (Å²) in [7, 11) is 0. The number of anilines is 1. The minimum atomic E-state index is -0.0635. The second-order valence-electron chi connectivity index (χ2n) is 7.82. The average molecular weight is 380 g/mol. The minimum Gasteiger partial charge on any atom is -0.376 e. The molecule has 0 aromatic heterocycles. The van der Waals surface area contributed by atoms with Crippen molar-refractivity contribution in [3.05, 3.63) is 64.7 Å². The van der Waals surface area contributed by atoms with Gasteiger partial charge in [-0.1, -0.05) is 38.1 Å². The lowest BCUT2D eigenvalue weighted by Crippen LogP contribution is -2.39. The van der Waals surface area contributed by atoms with E-state index in [1.165, 1.54) is 11.1 Å². The molecule has 1 aliphatic heterocycles. The molecule has 28 heavy (non-hydrogen) atoms. The molecule has 2 N–H and O–H groups in total. The van der Waals surface area contributed by atoms with Crippen LogP contribution in [0, 0.1) is 12.8 Å². The maximum atomic E-state index is 12.6. The fourth-order valence-electron chi connectivity index (χ4n) is 3.39. The Labute approximate surface area is 167 Å². The molecule has 148 valence electrons. The summed E-state index contributed by atoms with van der Waals surface area (Å²) in [5.74, 6) is 0.442. The Kier molecular flexibility index (Phi) is 6.34. The number of carbonyl (C=O) groups excluding carboxylic acids is 2. The van der Waals surface area contributed by atoms with E-state index in [0.29, 0.717) is 24.6 Å². The smallest absolute Gasteiger partial charge is 0.251 e. The zero-order valence-electron chi connectivity index (χ0n) is 16.9. The molecule has 0 fully saturated rings. The second-order valence-corrected chi connectivity index (χ2v) is 7.82. The molecule has 3 rings (SSSR count). The van der Waals surface area contributed by atoms with E-state index < -0.39 is 0 Å². The van der Waals surface area contributed by atoms with Gasteiger partial charge in [0, 0.05) is 30.9 Å². The van der Waals surface area contributed by atoms with Crippen LogP contribution in [0.5, 0.6) is 0 Å². The highest BCUT2D eigenvalue weighted by atomic mass is 16.2. The first-order valence-corrected chi connectivity index (χ1v) is 9.91. The maximum Gasteiger partial charge on any atom is 0.251 e. The first-order valence-electron chi connectivity index (χ1n) is 9.91. The third-order valence-corrected chi connectivity index (χ3v) is 5.07. The van der Waals surface area contributed by atoms with E-state index in [4.69, 9.17) is 0 Å². The van der Waals surface area contributed by atoms with Gasteiger partial charge in [0.05, 0.1) is 6.54 Å². The van der Waals surface area contributed by atoms with Crippen molar-refractivity contribution in [2.75, 3.05) is 25.0 Å². The summed E-state index contributed by atoms with van der Waals surface area (Å²) in [4.78, 5) is 26.7. The summed E-state index contributed by atoms with van der Waals surface area (Å²) in [6.45, 7) is 8.42. The SMILES string of the molecule is Cc1cc(C(=O)NCC(C)C)ccc1NCC(=O)N1CCc2ccccc2C1. The maximum absolute atomic E-state index is 12.6. The van der Waals surface area contributed by atoms with E-state index in [1.807, 2.05) is 36.1 Å². The van der Waals surface area contributed by atoms with Crippen LogP contribution < -0.4 is 10.6 Å². The number of amides is 2. The van der Waals surface area contributed by atoms with Gasteiger partial charge in [-0.3, -0.25) is 9.59 Å². The van der Waals surface area contributed by atoms with E-state index in [9.17, 15) is 9.59 Å². The topological polar surface area (TPSA) is 61.4 Å². The van der Waals surface area contributed by atoms with Gasteiger partial charge in [0.25, 0.3) is 5.91 Å². The molecule has 2 aromatic carbocycles. The van der Waals surface area contributed by atoms with E-state index in [0.717, 1.165) is 24.2 Å². The van der Waals surface area contributed by atoms with E-state index in [-0.39, 0.29) is 18.4 Å². The van der Waals surface area contributed by atoms with Crippen LogP contribution in [-0.4, -0.2) is 36.3 Å². The van der Waals surface area contributed by atoms with Gasteiger partial charge in [-0.05, 0) is 54.2 Å². The van der Waals surface area contributed by atoms with Crippen LogP contribution in [0.25, 0.3) is 0 Å². The predicted molar refractivity (Wildman–Crippen MR) is 112 cm³/mol. The van der Waals surface area contributed by atoms with Gasteiger partial charge in [-0.2, -0.15) is 0 Å². The monoisotopic (exact) mass is 379 g/mol. The van der Waals surface area contributed by atoms with Crippen LogP contribution in [0.15, 0.2) is 42.5 Å². The van der Waals surface area contributed by atoms with E-state index >= 15 is 0 Å². The molecule has 1 heterocycles. The van der Waals surface area contributed by atoms with Crippen molar-refractivity contribution in [3.8, 4) is 0 Å². The van der Waals surface area contributed by atoms with Crippen molar-refractivity contribution in [1.29, 1.82) is 0 Å². The normalized spacial score (nSPS) is 13.2. The van der Waals surface area contributed by atoms with Gasteiger partial charge in [-0.15, -0.1) is 0 Å². The van der Waals surface area contributed by atoms with Gasteiger partial charge in [0.1, 0.15) is 0 Å². The quantitative estimate of drug-likeness (QED) is 0.809. The molecule has 1 aliphatic rings. The number of benzene rings is 2. The number of nitrogens with one attached hydrogen (secondary N) is 2. The van der Waals surface area contributed by atoms with Crippen molar-refractivity contribution >= 4 is 17.5 Å². The molecule has 2 amide bonds. The van der Waals surface area contributed by atoms with Crippen LogP contribution >= 0.6 is 0 Å². The molecular weight excluding hydrogens is 350 g/mol. The highest BCUT2D eigenvalue weighted by molar-refractivity contribution is 5.95. The standard InChI is InChI=1S/C23H29N3O2/c1-16(2)13-25-23(28)19-8-9-21(17(3)12-19)24-14-22(27)26-11-10-18-6-4-5-7-20(18)15-26/h4-9,12,16,24H,10-11,13-15H2,1-3H3,(H,25,28). The van der Waals surface area contributed by atoms with Crippen molar-refractivity contribution in [1.82, 2.24) is 10.2 Å². The van der Waals surface area contributed by atoms with Crippen molar-refractivity contribution in [3.63, 3.8) is 0 Å². The third kappa shape index (κ3) is 4.91. The largest absolute Gasteiger partial charge is 0.376 e. The summed E-state index contributed by atoms with van der Waals surface area (Å²) in [6, 6.07) is 13.8. The molecule has 0 radical (unpaired) electrons. The minimum absolute atomic E-state index is 0.0635. The zero-order valence-corrected chi connectivity index (χ0v) is 16.9. The average Bonchev–Trinajstić information content (AvgIpc) is 2.70. The number of hydrogen-bond donors (Lipinski definition) is 2. The third-order valence-electron chi connectivity index (χ3n) is 5.07. The Morgan fingerprint density at radius 1 is 1.11 bits per heavy atom. The Balaban J connectivity index is 1.56. The zero-order chi connectivity index (χ0) is 20.1. The lowest BCUT2D eigenvalue weighted by atomic mass is 10.00. The molecule has 0 saturated heterocycles. The van der Waals surface area contributed by atoms with E-state index in [1.54, 1.807) is 6.07 Å². The Bertz CT molecular complexity index is 861. The van der Waals surface area contributed by atoms with Crippen LogP contribution in [0.2, 0.25) is 0 Å². The molecule has 0 saturated carbocycles. The van der Waals surface area contributed by atoms with Crippen LogP contribution in [-0.2, 0) is 17.8 Å². The van der Waals surface area contributed by atoms with Crippen molar-refractivity contribution in [2.45, 2.75) is 33.7 Å². The fraction of sp³-hybridized carbons (Fsp3) is 0.391. The lowest BCUT2D eigenvalue weighted by Gasteiger charge is -2.29. The first kappa shape index (κ1) is 19.9. The molecule has 0 aliphatic carbocycles. The van der Waals surface area contributed by atoms with Gasteiger partial charge in [0.2, 0.25) is 5.91 Å². The van der Waals surface area contributed by atoms with Gasteiger partial charge in [-0.25, -0.2) is 0 Å². The molecule has 0 bridgehead atoms. The van der Waals surface area contributed by atoms with Gasteiger partial charge < -0.3 is 15.5 Å². The highest BCUT2D eigenvalue weighted by Gasteiger charge is 2.20. The summed E-state index contributed by atoms with van der Waals surface area (Å²) >= 11 is 0. The summed E-state index contributed by atoms with van der Waals surface area (Å²) < 4.78 is 0. The molecule has 0 unspecified atom stereocenters. The van der Waals surface area contributed by atoms with E-state index in [2.05, 4.69) is 36.6 Å². The summed E-state index contributed by atoms with van der Waals surface area (Å²) in [5, 5.41) is 6.15. The fourth-order valence-corrected chi connectivity index (χ4v) is 3.39. The molecule has 0 atom stereocenters. The second kappa shape index (κ2) is 8.91. The predicted octanol–water partition coefficient (Wildman–Crippen LogP) is 3.38. The number of nitrogens with zero attached hydrogens (tertiary/aromatic N) is 1. The number of hydrogen-bond acceptors (Lipinski definition) is 3. The Morgan fingerprint density at radius 3 is 2.57 bits per heavy atom. The molecule has 5 heteroatoms.